The molecule has 1 amide bonds. The van der Waals surface area contributed by atoms with E-state index in [0.717, 1.165) is 49.0 Å². The summed E-state index contributed by atoms with van der Waals surface area (Å²) in [6, 6.07) is 27.5. The second kappa shape index (κ2) is 16.4. The monoisotopic (exact) mass is 716 g/mol. The molecule has 0 atom stereocenters. The van der Waals surface area contributed by atoms with Crippen LogP contribution >= 0.6 is 11.8 Å². The summed E-state index contributed by atoms with van der Waals surface area (Å²) in [5.41, 5.74) is 3.14. The first kappa shape index (κ1) is 36.7. The lowest BCUT2D eigenvalue weighted by molar-refractivity contribution is -0.387. The van der Waals surface area contributed by atoms with Gasteiger partial charge in [0.25, 0.3) is 15.9 Å². The normalized spacial score (nSPS) is 13.7. The first-order chi connectivity index (χ1) is 24.0. The molecule has 50 heavy (non-hydrogen) atoms. The SMILES string of the molecule is CCCN(C)c1c(S(=O)(=O)NC(=O)c2ccc(N3CCN(Cc4ccccc4NC(C)C)CC3)cc2)ccc(Sc2ccccc2)c1[N+](=O)[O-]. The third kappa shape index (κ3) is 8.95. The Morgan fingerprint density at radius 3 is 2.24 bits per heavy atom. The molecule has 13 heteroatoms. The van der Waals surface area contributed by atoms with Crippen molar-refractivity contribution in [2.45, 2.75) is 54.5 Å². The van der Waals surface area contributed by atoms with Gasteiger partial charge in [0, 0.05) is 74.2 Å². The van der Waals surface area contributed by atoms with E-state index in [1.54, 1.807) is 24.1 Å². The first-order valence-corrected chi connectivity index (χ1v) is 19.0. The van der Waals surface area contributed by atoms with Crippen molar-refractivity contribution < 1.29 is 18.1 Å². The number of piperazine rings is 1. The minimum atomic E-state index is -4.50. The van der Waals surface area contributed by atoms with E-state index in [-0.39, 0.29) is 21.8 Å². The van der Waals surface area contributed by atoms with Crippen molar-refractivity contribution in [3.63, 3.8) is 0 Å². The molecule has 2 N–H and O–H groups in total. The summed E-state index contributed by atoms with van der Waals surface area (Å²) in [5.74, 6) is -0.815. The summed E-state index contributed by atoms with van der Waals surface area (Å²) in [6.07, 6.45) is 0.626. The number of carbonyl (C=O) groups is 1. The summed E-state index contributed by atoms with van der Waals surface area (Å²) in [5, 5.41) is 16.0. The highest BCUT2D eigenvalue weighted by Crippen LogP contribution is 2.44. The van der Waals surface area contributed by atoms with Crippen molar-refractivity contribution in [2.24, 2.45) is 0 Å². The third-order valence-corrected chi connectivity index (χ3v) is 10.8. The van der Waals surface area contributed by atoms with E-state index in [4.69, 9.17) is 0 Å². The number of nitro benzene ring substituents is 1. The lowest BCUT2D eigenvalue weighted by Crippen LogP contribution is -2.46. The van der Waals surface area contributed by atoms with Crippen LogP contribution in [0.4, 0.5) is 22.7 Å². The van der Waals surface area contributed by atoms with Crippen LogP contribution in [-0.4, -0.2) is 70.0 Å². The molecule has 0 unspecified atom stereocenters. The second-order valence-electron chi connectivity index (χ2n) is 12.6. The predicted molar refractivity (Wildman–Crippen MR) is 201 cm³/mol. The minimum Gasteiger partial charge on any atom is -0.383 e. The third-order valence-electron chi connectivity index (χ3n) is 8.41. The fraction of sp³-hybridized carbons (Fsp3) is 0.324. The molecule has 0 radical (unpaired) electrons. The summed E-state index contributed by atoms with van der Waals surface area (Å²) in [4.78, 5) is 32.2. The van der Waals surface area contributed by atoms with Crippen LogP contribution in [0.5, 0.6) is 0 Å². The summed E-state index contributed by atoms with van der Waals surface area (Å²) >= 11 is 1.18. The van der Waals surface area contributed by atoms with E-state index >= 15 is 0 Å². The molecule has 0 aliphatic carbocycles. The number of nitrogens with zero attached hydrogens (tertiary/aromatic N) is 4. The molecule has 1 aliphatic heterocycles. The number of hydrogen-bond acceptors (Lipinski definition) is 10. The molecule has 1 fully saturated rings. The highest BCUT2D eigenvalue weighted by atomic mass is 32.2. The average Bonchev–Trinajstić information content (AvgIpc) is 3.09. The lowest BCUT2D eigenvalue weighted by Gasteiger charge is -2.36. The summed E-state index contributed by atoms with van der Waals surface area (Å²) in [6.45, 7) is 10.8. The molecule has 0 aromatic heterocycles. The Bertz CT molecular complexity index is 1900. The zero-order valence-corrected chi connectivity index (χ0v) is 30.5. The number of nitrogens with one attached hydrogen (secondary N) is 2. The Labute approximate surface area is 298 Å². The van der Waals surface area contributed by atoms with Crippen molar-refractivity contribution in [2.75, 3.05) is 54.9 Å². The van der Waals surface area contributed by atoms with Gasteiger partial charge in [-0.25, -0.2) is 13.1 Å². The molecular weight excluding hydrogens is 673 g/mol. The second-order valence-corrected chi connectivity index (χ2v) is 15.3. The Balaban J connectivity index is 1.29. The highest BCUT2D eigenvalue weighted by Gasteiger charge is 2.33. The van der Waals surface area contributed by atoms with Crippen LogP contribution in [0.1, 0.15) is 43.1 Å². The number of sulfonamides is 1. The van der Waals surface area contributed by atoms with Crippen LogP contribution in [0.3, 0.4) is 0 Å². The van der Waals surface area contributed by atoms with Crippen LogP contribution < -0.4 is 19.8 Å². The molecule has 1 aliphatic rings. The van der Waals surface area contributed by atoms with Gasteiger partial charge < -0.3 is 15.1 Å². The average molecular weight is 717 g/mol. The number of nitro groups is 1. The van der Waals surface area contributed by atoms with E-state index in [1.807, 2.05) is 55.5 Å². The van der Waals surface area contributed by atoms with Gasteiger partial charge in [-0.1, -0.05) is 55.1 Å². The maximum atomic E-state index is 13.7. The fourth-order valence-electron chi connectivity index (χ4n) is 6.02. The van der Waals surface area contributed by atoms with Crippen molar-refractivity contribution >= 4 is 50.4 Å². The number of anilines is 3. The van der Waals surface area contributed by atoms with Crippen LogP contribution in [0.25, 0.3) is 0 Å². The zero-order chi connectivity index (χ0) is 35.8. The lowest BCUT2D eigenvalue weighted by atomic mass is 10.1. The van der Waals surface area contributed by atoms with E-state index in [1.165, 1.54) is 29.5 Å². The fourth-order valence-corrected chi connectivity index (χ4v) is 8.20. The minimum absolute atomic E-state index is 0.0627. The smallest absolute Gasteiger partial charge is 0.307 e. The summed E-state index contributed by atoms with van der Waals surface area (Å²) in [7, 11) is -2.88. The summed E-state index contributed by atoms with van der Waals surface area (Å²) < 4.78 is 29.6. The molecule has 4 aromatic carbocycles. The number of amides is 1. The van der Waals surface area contributed by atoms with Crippen molar-refractivity contribution in [1.82, 2.24) is 9.62 Å². The number of benzene rings is 4. The van der Waals surface area contributed by atoms with Gasteiger partial charge in [-0.3, -0.25) is 19.8 Å². The van der Waals surface area contributed by atoms with Gasteiger partial charge in [-0.15, -0.1) is 0 Å². The molecule has 1 saturated heterocycles. The molecule has 5 rings (SSSR count). The Hall–Kier alpha value is -4.59. The van der Waals surface area contributed by atoms with Crippen LogP contribution in [-0.2, 0) is 16.6 Å². The van der Waals surface area contributed by atoms with Crippen molar-refractivity contribution in [1.29, 1.82) is 0 Å². The molecular formula is C37H44N6O5S2. The Kier molecular flexibility index (Phi) is 12.0. The van der Waals surface area contributed by atoms with Crippen LogP contribution in [0.2, 0.25) is 0 Å². The molecule has 0 bridgehead atoms. The zero-order valence-electron chi connectivity index (χ0n) is 28.8. The first-order valence-electron chi connectivity index (χ1n) is 16.7. The molecule has 1 heterocycles. The van der Waals surface area contributed by atoms with E-state index in [2.05, 4.69) is 51.9 Å². The Morgan fingerprint density at radius 2 is 1.60 bits per heavy atom. The topological polar surface area (TPSA) is 128 Å². The number of hydrogen-bond donors (Lipinski definition) is 2. The van der Waals surface area contributed by atoms with E-state index in [0.29, 0.717) is 23.9 Å². The highest BCUT2D eigenvalue weighted by molar-refractivity contribution is 7.99. The Morgan fingerprint density at radius 1 is 0.940 bits per heavy atom. The molecule has 264 valence electrons. The van der Waals surface area contributed by atoms with E-state index in [9.17, 15) is 23.3 Å². The van der Waals surface area contributed by atoms with Gasteiger partial charge in [0.05, 0.1) is 9.82 Å². The van der Waals surface area contributed by atoms with Crippen LogP contribution in [0, 0.1) is 10.1 Å². The quantitative estimate of drug-likeness (QED) is 0.106. The maximum Gasteiger partial charge on any atom is 0.307 e. The van der Waals surface area contributed by atoms with Gasteiger partial charge >= 0.3 is 5.69 Å². The molecule has 0 saturated carbocycles. The van der Waals surface area contributed by atoms with Gasteiger partial charge in [-0.05, 0) is 80.4 Å². The maximum absolute atomic E-state index is 13.7. The number of carbonyl (C=O) groups excluding carboxylic acids is 1. The van der Waals surface area contributed by atoms with Crippen molar-refractivity contribution in [3.8, 4) is 0 Å². The van der Waals surface area contributed by atoms with Gasteiger partial charge in [0.1, 0.15) is 10.6 Å². The predicted octanol–water partition coefficient (Wildman–Crippen LogP) is 6.85. The molecule has 0 spiro atoms. The molecule has 11 nitrogen and oxygen atoms in total. The van der Waals surface area contributed by atoms with E-state index < -0.39 is 20.9 Å². The van der Waals surface area contributed by atoms with Gasteiger partial charge in [-0.2, -0.15) is 0 Å². The largest absolute Gasteiger partial charge is 0.383 e. The van der Waals surface area contributed by atoms with Crippen LogP contribution in [0.15, 0.2) is 106 Å². The van der Waals surface area contributed by atoms with Crippen molar-refractivity contribution in [3.05, 3.63) is 112 Å². The molecule has 4 aromatic rings. The standard InChI is InChI=1S/C37H44N6O5S2/c1-5-21-40(4)36-34(20-19-33(35(36)43(45)46)49-31-12-7-6-8-13-31)50(47,48)39-37(44)28-15-17-30(18-16-28)42-24-22-41(23-25-42)26-29-11-9-10-14-32(29)38-27(2)3/h6-20,27,38H,5,21-26H2,1-4H3,(H,39,44). The number of rotatable bonds is 14. The van der Waals surface area contributed by atoms with Gasteiger partial charge in [0.2, 0.25) is 0 Å². The van der Waals surface area contributed by atoms with Gasteiger partial charge in [0.15, 0.2) is 0 Å². The number of para-hydroxylation sites is 1.